The third kappa shape index (κ3) is 4.68. The average Bonchev–Trinajstić information content (AvgIpc) is 3.24. The number of anilines is 1. The van der Waals surface area contributed by atoms with Gasteiger partial charge in [-0.15, -0.1) is 0 Å². The number of halogens is 1. The van der Waals surface area contributed by atoms with Gasteiger partial charge in [0.25, 0.3) is 5.91 Å². The van der Waals surface area contributed by atoms with Crippen molar-refractivity contribution < 1.29 is 13.9 Å². The molecule has 0 bridgehead atoms. The summed E-state index contributed by atoms with van der Waals surface area (Å²) >= 11 is 0. The van der Waals surface area contributed by atoms with Crippen molar-refractivity contribution in [1.82, 2.24) is 14.7 Å². The highest BCUT2D eigenvalue weighted by atomic mass is 19.1. The van der Waals surface area contributed by atoms with Crippen LogP contribution in [0.25, 0.3) is 0 Å². The Kier molecular flexibility index (Phi) is 6.09. The molecular formula is C23H25FN4O2. The quantitative estimate of drug-likeness (QED) is 0.667. The van der Waals surface area contributed by atoms with Crippen molar-refractivity contribution in [3.8, 4) is 5.75 Å². The highest BCUT2D eigenvalue weighted by Crippen LogP contribution is 2.26. The molecule has 7 heteroatoms. The SMILES string of the molecule is COc1ccc(C(=O)Nc2ccnn2C2CCN(Cc3ccc(F)cc3)CC2)cc1. The normalized spacial score (nSPS) is 15.1. The number of benzene rings is 2. The Labute approximate surface area is 175 Å². The number of nitrogens with zero attached hydrogens (tertiary/aromatic N) is 3. The van der Waals surface area contributed by atoms with E-state index in [0.717, 1.165) is 38.0 Å². The molecule has 1 aromatic heterocycles. The molecule has 0 saturated carbocycles. The van der Waals surface area contributed by atoms with E-state index in [1.54, 1.807) is 37.6 Å². The van der Waals surface area contributed by atoms with Gasteiger partial charge in [-0.3, -0.25) is 9.69 Å². The van der Waals surface area contributed by atoms with Crippen LogP contribution in [0.15, 0.2) is 60.8 Å². The lowest BCUT2D eigenvalue weighted by atomic mass is 10.0. The number of piperidine rings is 1. The maximum atomic E-state index is 13.1. The molecule has 2 aromatic carbocycles. The molecule has 1 fully saturated rings. The zero-order valence-corrected chi connectivity index (χ0v) is 16.9. The van der Waals surface area contributed by atoms with Gasteiger partial charge in [-0.1, -0.05) is 12.1 Å². The number of ether oxygens (including phenoxy) is 1. The van der Waals surface area contributed by atoms with Crippen LogP contribution in [0, 0.1) is 5.82 Å². The number of hydrogen-bond acceptors (Lipinski definition) is 4. The van der Waals surface area contributed by atoms with E-state index < -0.39 is 0 Å². The summed E-state index contributed by atoms with van der Waals surface area (Å²) in [6.45, 7) is 2.66. The lowest BCUT2D eigenvalue weighted by molar-refractivity contribution is 0.102. The molecule has 156 valence electrons. The smallest absolute Gasteiger partial charge is 0.256 e. The summed E-state index contributed by atoms with van der Waals surface area (Å²) in [7, 11) is 1.60. The van der Waals surface area contributed by atoms with E-state index in [2.05, 4.69) is 15.3 Å². The van der Waals surface area contributed by atoms with Gasteiger partial charge in [0.15, 0.2) is 0 Å². The molecule has 0 atom stereocenters. The minimum atomic E-state index is -0.208. The highest BCUT2D eigenvalue weighted by molar-refractivity contribution is 6.03. The highest BCUT2D eigenvalue weighted by Gasteiger charge is 2.23. The zero-order chi connectivity index (χ0) is 20.9. The van der Waals surface area contributed by atoms with E-state index in [4.69, 9.17) is 4.74 Å². The van der Waals surface area contributed by atoms with E-state index >= 15 is 0 Å². The predicted molar refractivity (Wildman–Crippen MR) is 113 cm³/mol. The van der Waals surface area contributed by atoms with Crippen LogP contribution in [0.2, 0.25) is 0 Å². The van der Waals surface area contributed by atoms with Crippen LogP contribution < -0.4 is 10.1 Å². The third-order valence-corrected chi connectivity index (χ3v) is 5.49. The number of hydrogen-bond donors (Lipinski definition) is 1. The molecule has 4 rings (SSSR count). The van der Waals surface area contributed by atoms with Crippen LogP contribution in [-0.4, -0.2) is 40.8 Å². The average molecular weight is 408 g/mol. The Bertz CT molecular complexity index is 977. The van der Waals surface area contributed by atoms with Gasteiger partial charge in [0.05, 0.1) is 19.3 Å². The second kappa shape index (κ2) is 9.09. The number of amides is 1. The van der Waals surface area contributed by atoms with E-state index in [0.29, 0.717) is 17.1 Å². The number of likely N-dealkylation sites (tertiary alicyclic amines) is 1. The largest absolute Gasteiger partial charge is 0.497 e. The molecule has 1 aliphatic heterocycles. The summed E-state index contributed by atoms with van der Waals surface area (Å²) in [5.41, 5.74) is 1.68. The minimum Gasteiger partial charge on any atom is -0.497 e. The van der Waals surface area contributed by atoms with Gasteiger partial charge in [0.1, 0.15) is 17.4 Å². The maximum Gasteiger partial charge on any atom is 0.256 e. The van der Waals surface area contributed by atoms with Gasteiger partial charge in [-0.05, 0) is 54.8 Å². The lowest BCUT2D eigenvalue weighted by Gasteiger charge is -2.32. The molecule has 1 amide bonds. The summed E-state index contributed by atoms with van der Waals surface area (Å²) in [6.07, 6.45) is 3.59. The number of methoxy groups -OCH3 is 1. The van der Waals surface area contributed by atoms with E-state index in [-0.39, 0.29) is 17.8 Å². The summed E-state index contributed by atoms with van der Waals surface area (Å²) in [4.78, 5) is 15.0. The summed E-state index contributed by atoms with van der Waals surface area (Å²) in [5, 5.41) is 7.42. The molecule has 1 saturated heterocycles. The van der Waals surface area contributed by atoms with Crippen molar-refractivity contribution in [2.24, 2.45) is 0 Å². The van der Waals surface area contributed by atoms with E-state index in [1.807, 2.05) is 22.9 Å². The molecule has 0 radical (unpaired) electrons. The molecule has 2 heterocycles. The summed E-state index contributed by atoms with van der Waals surface area (Å²) in [5.74, 6) is 1.03. The first-order chi connectivity index (χ1) is 14.6. The van der Waals surface area contributed by atoms with Crippen LogP contribution in [0.5, 0.6) is 5.75 Å². The van der Waals surface area contributed by atoms with E-state index in [9.17, 15) is 9.18 Å². The van der Waals surface area contributed by atoms with Gasteiger partial charge in [0, 0.05) is 31.3 Å². The number of carbonyl (C=O) groups excluding carboxylic acids is 1. The number of carbonyl (C=O) groups is 1. The lowest BCUT2D eigenvalue weighted by Crippen LogP contribution is -2.35. The fraction of sp³-hybridized carbons (Fsp3) is 0.304. The molecule has 30 heavy (non-hydrogen) atoms. The Hall–Kier alpha value is -3.19. The first-order valence-electron chi connectivity index (χ1n) is 10.1. The number of aromatic nitrogens is 2. The van der Waals surface area contributed by atoms with Gasteiger partial charge >= 0.3 is 0 Å². The monoisotopic (exact) mass is 408 g/mol. The molecule has 0 unspecified atom stereocenters. The van der Waals surface area contributed by atoms with E-state index in [1.165, 1.54) is 12.1 Å². The van der Waals surface area contributed by atoms with Crippen LogP contribution in [0.4, 0.5) is 10.2 Å². The van der Waals surface area contributed by atoms with Gasteiger partial charge in [0.2, 0.25) is 0 Å². The maximum absolute atomic E-state index is 13.1. The van der Waals surface area contributed by atoms with Crippen molar-refractivity contribution >= 4 is 11.7 Å². The second-order valence-electron chi connectivity index (χ2n) is 7.48. The fourth-order valence-corrected chi connectivity index (χ4v) is 3.81. The Morgan fingerprint density at radius 1 is 1.10 bits per heavy atom. The standard InChI is InChI=1S/C23H25FN4O2/c1-30-21-8-4-18(5-9-21)23(29)26-22-10-13-25-28(22)20-11-14-27(15-12-20)16-17-2-6-19(24)7-3-17/h2-10,13,20H,11-12,14-16H2,1H3,(H,26,29). The number of nitrogens with one attached hydrogen (secondary N) is 1. The van der Waals surface area contributed by atoms with Gasteiger partial charge in [-0.2, -0.15) is 5.10 Å². The molecule has 3 aromatic rings. The minimum absolute atomic E-state index is 0.173. The fourth-order valence-electron chi connectivity index (χ4n) is 3.81. The molecular weight excluding hydrogens is 383 g/mol. The van der Waals surface area contributed by atoms with Crippen LogP contribution in [0.3, 0.4) is 0 Å². The number of rotatable bonds is 6. The molecule has 1 aliphatic rings. The molecule has 1 N–H and O–H groups in total. The third-order valence-electron chi connectivity index (χ3n) is 5.49. The first kappa shape index (κ1) is 20.1. The Balaban J connectivity index is 1.35. The van der Waals surface area contributed by atoms with Crippen molar-refractivity contribution in [2.45, 2.75) is 25.4 Å². The summed E-state index contributed by atoms with van der Waals surface area (Å²) < 4.78 is 20.1. The topological polar surface area (TPSA) is 59.4 Å². The second-order valence-corrected chi connectivity index (χ2v) is 7.48. The summed E-state index contributed by atoms with van der Waals surface area (Å²) in [6, 6.07) is 15.7. The van der Waals surface area contributed by atoms with Crippen molar-refractivity contribution in [3.05, 3.63) is 77.7 Å². The van der Waals surface area contributed by atoms with Crippen LogP contribution >= 0.6 is 0 Å². The zero-order valence-electron chi connectivity index (χ0n) is 16.9. The Morgan fingerprint density at radius 2 is 1.80 bits per heavy atom. The van der Waals surface area contributed by atoms with Gasteiger partial charge in [-0.25, -0.2) is 9.07 Å². The van der Waals surface area contributed by atoms with Crippen molar-refractivity contribution in [1.29, 1.82) is 0 Å². The molecule has 0 aliphatic carbocycles. The molecule has 6 nitrogen and oxygen atoms in total. The van der Waals surface area contributed by atoms with Gasteiger partial charge < -0.3 is 10.1 Å². The van der Waals surface area contributed by atoms with Crippen LogP contribution in [-0.2, 0) is 6.54 Å². The first-order valence-corrected chi connectivity index (χ1v) is 10.1. The van der Waals surface area contributed by atoms with Crippen molar-refractivity contribution in [2.75, 3.05) is 25.5 Å². The van der Waals surface area contributed by atoms with Crippen LogP contribution in [0.1, 0.15) is 34.8 Å². The van der Waals surface area contributed by atoms with Crippen molar-refractivity contribution in [3.63, 3.8) is 0 Å². The Morgan fingerprint density at radius 3 is 2.47 bits per heavy atom. The molecule has 0 spiro atoms. The predicted octanol–water partition coefficient (Wildman–Crippen LogP) is 4.12.